The van der Waals surface area contributed by atoms with Crippen LogP contribution in [0.2, 0.25) is 0 Å². The van der Waals surface area contributed by atoms with E-state index in [1.165, 1.54) is 36.0 Å². The molecule has 1 saturated carbocycles. The van der Waals surface area contributed by atoms with Gasteiger partial charge in [-0.1, -0.05) is 24.1 Å². The molecule has 1 aliphatic carbocycles. The van der Waals surface area contributed by atoms with Gasteiger partial charge in [-0.25, -0.2) is 0 Å². The summed E-state index contributed by atoms with van der Waals surface area (Å²) in [4.78, 5) is 0. The number of ether oxygens (including phenoxy) is 1. The molecule has 1 aromatic rings. The van der Waals surface area contributed by atoms with E-state index in [1.807, 2.05) is 0 Å². The molecule has 1 aliphatic rings. The first-order valence-corrected chi connectivity index (χ1v) is 7.04. The largest absolute Gasteiger partial charge is 0.493 e. The van der Waals surface area contributed by atoms with Gasteiger partial charge >= 0.3 is 0 Å². The van der Waals surface area contributed by atoms with E-state index < -0.39 is 0 Å². The third-order valence-corrected chi connectivity index (χ3v) is 4.06. The van der Waals surface area contributed by atoms with Gasteiger partial charge in [0.15, 0.2) is 0 Å². The van der Waals surface area contributed by atoms with Crippen molar-refractivity contribution in [1.29, 1.82) is 0 Å². The van der Waals surface area contributed by atoms with Crippen molar-refractivity contribution in [3.8, 4) is 5.75 Å². The number of hydrogen-bond donors (Lipinski definition) is 1. The van der Waals surface area contributed by atoms with Gasteiger partial charge in [-0.05, 0) is 57.1 Å². The minimum absolute atomic E-state index is 0.397. The third-order valence-electron chi connectivity index (χ3n) is 4.06. The summed E-state index contributed by atoms with van der Waals surface area (Å²) in [5.41, 5.74) is 9.86. The van der Waals surface area contributed by atoms with Gasteiger partial charge < -0.3 is 10.5 Å². The molecule has 18 heavy (non-hydrogen) atoms. The number of benzene rings is 1. The predicted octanol–water partition coefficient (Wildman–Crippen LogP) is 3.51. The van der Waals surface area contributed by atoms with Gasteiger partial charge in [-0.3, -0.25) is 0 Å². The highest BCUT2D eigenvalue weighted by Crippen LogP contribution is 2.28. The molecule has 0 aliphatic heterocycles. The van der Waals surface area contributed by atoms with Crippen molar-refractivity contribution in [3.63, 3.8) is 0 Å². The molecule has 0 spiro atoms. The molecule has 0 heterocycles. The SMILES string of the molecule is Cc1cc(C)c(OCCC2CCCC2N)c(C)c1. The standard InChI is InChI=1S/C16H25NO/c1-11-9-12(2)16(13(3)10-11)18-8-7-14-5-4-6-15(14)17/h9-10,14-15H,4-8,17H2,1-3H3. The van der Waals surface area contributed by atoms with Crippen LogP contribution in [-0.2, 0) is 0 Å². The second-order valence-corrected chi connectivity index (χ2v) is 5.72. The monoisotopic (exact) mass is 247 g/mol. The van der Waals surface area contributed by atoms with Crippen molar-refractivity contribution >= 4 is 0 Å². The quantitative estimate of drug-likeness (QED) is 0.883. The molecule has 0 saturated heterocycles. The Morgan fingerprint density at radius 2 is 1.83 bits per heavy atom. The maximum atomic E-state index is 6.08. The number of nitrogens with two attached hydrogens (primary N) is 1. The maximum Gasteiger partial charge on any atom is 0.125 e. The summed E-state index contributed by atoms with van der Waals surface area (Å²) >= 11 is 0. The lowest BCUT2D eigenvalue weighted by Crippen LogP contribution is -2.25. The number of aryl methyl sites for hydroxylation is 3. The van der Waals surface area contributed by atoms with Crippen LogP contribution in [0.3, 0.4) is 0 Å². The summed E-state index contributed by atoms with van der Waals surface area (Å²) in [6.45, 7) is 7.16. The van der Waals surface area contributed by atoms with Crippen LogP contribution < -0.4 is 10.5 Å². The molecule has 0 radical (unpaired) electrons. The van der Waals surface area contributed by atoms with Crippen LogP contribution in [0.25, 0.3) is 0 Å². The van der Waals surface area contributed by atoms with Crippen LogP contribution in [0.4, 0.5) is 0 Å². The number of rotatable bonds is 4. The Morgan fingerprint density at radius 1 is 1.17 bits per heavy atom. The van der Waals surface area contributed by atoms with Gasteiger partial charge in [0.05, 0.1) is 6.61 Å². The van der Waals surface area contributed by atoms with Crippen LogP contribution in [0, 0.1) is 26.7 Å². The Kier molecular flexibility index (Phi) is 4.28. The van der Waals surface area contributed by atoms with Gasteiger partial charge in [0.2, 0.25) is 0 Å². The van der Waals surface area contributed by atoms with Crippen molar-refractivity contribution in [3.05, 3.63) is 28.8 Å². The van der Waals surface area contributed by atoms with Gasteiger partial charge in [0, 0.05) is 6.04 Å². The molecule has 2 heteroatoms. The topological polar surface area (TPSA) is 35.2 Å². The smallest absolute Gasteiger partial charge is 0.125 e. The van der Waals surface area contributed by atoms with E-state index in [9.17, 15) is 0 Å². The lowest BCUT2D eigenvalue weighted by atomic mass is 10.0. The highest BCUT2D eigenvalue weighted by molar-refractivity contribution is 5.42. The molecule has 2 unspecified atom stereocenters. The fourth-order valence-corrected chi connectivity index (χ4v) is 3.13. The zero-order valence-electron chi connectivity index (χ0n) is 11.8. The Hall–Kier alpha value is -1.02. The highest BCUT2D eigenvalue weighted by atomic mass is 16.5. The molecule has 0 aromatic heterocycles. The highest BCUT2D eigenvalue weighted by Gasteiger charge is 2.23. The molecule has 2 N–H and O–H groups in total. The van der Waals surface area contributed by atoms with E-state index in [2.05, 4.69) is 32.9 Å². The molecule has 0 amide bonds. The minimum atomic E-state index is 0.397. The Morgan fingerprint density at radius 3 is 2.39 bits per heavy atom. The Labute approximate surface area is 111 Å². The predicted molar refractivity (Wildman–Crippen MR) is 76.1 cm³/mol. The van der Waals surface area contributed by atoms with E-state index in [-0.39, 0.29) is 0 Å². The Bertz CT molecular complexity index is 391. The zero-order chi connectivity index (χ0) is 13.1. The summed E-state index contributed by atoms with van der Waals surface area (Å²) in [5, 5.41) is 0. The fourth-order valence-electron chi connectivity index (χ4n) is 3.13. The van der Waals surface area contributed by atoms with Gasteiger partial charge in [0.25, 0.3) is 0 Å². The zero-order valence-corrected chi connectivity index (χ0v) is 11.8. The van der Waals surface area contributed by atoms with Gasteiger partial charge in [-0.15, -0.1) is 0 Å². The lowest BCUT2D eigenvalue weighted by Gasteiger charge is -2.17. The maximum absolute atomic E-state index is 6.08. The molecule has 2 rings (SSSR count). The van der Waals surface area contributed by atoms with Crippen molar-refractivity contribution < 1.29 is 4.74 Å². The first-order valence-electron chi connectivity index (χ1n) is 7.04. The molecule has 2 atom stereocenters. The molecule has 1 aromatic carbocycles. The third kappa shape index (κ3) is 3.05. The molecule has 0 bridgehead atoms. The minimum Gasteiger partial charge on any atom is -0.493 e. The molecular weight excluding hydrogens is 222 g/mol. The van der Waals surface area contributed by atoms with Gasteiger partial charge in [0.1, 0.15) is 5.75 Å². The fraction of sp³-hybridized carbons (Fsp3) is 0.625. The summed E-state index contributed by atoms with van der Waals surface area (Å²) in [6, 6.07) is 4.77. The molecule has 1 fully saturated rings. The normalized spacial score (nSPS) is 23.3. The van der Waals surface area contributed by atoms with Crippen LogP contribution in [-0.4, -0.2) is 12.6 Å². The van der Waals surface area contributed by atoms with Crippen molar-refractivity contribution in [2.45, 2.75) is 52.5 Å². The Balaban J connectivity index is 1.90. The van der Waals surface area contributed by atoms with Crippen LogP contribution in [0.5, 0.6) is 5.75 Å². The van der Waals surface area contributed by atoms with Crippen molar-refractivity contribution in [2.75, 3.05) is 6.61 Å². The number of hydrogen-bond acceptors (Lipinski definition) is 2. The summed E-state index contributed by atoms with van der Waals surface area (Å²) < 4.78 is 5.98. The van der Waals surface area contributed by atoms with Crippen molar-refractivity contribution in [1.82, 2.24) is 0 Å². The second-order valence-electron chi connectivity index (χ2n) is 5.72. The van der Waals surface area contributed by atoms with Crippen LogP contribution >= 0.6 is 0 Å². The molecule has 2 nitrogen and oxygen atoms in total. The lowest BCUT2D eigenvalue weighted by molar-refractivity contribution is 0.268. The van der Waals surface area contributed by atoms with Crippen molar-refractivity contribution in [2.24, 2.45) is 11.7 Å². The summed E-state index contributed by atoms with van der Waals surface area (Å²) in [5.74, 6) is 1.73. The first-order chi connectivity index (χ1) is 8.58. The van der Waals surface area contributed by atoms with E-state index in [0.717, 1.165) is 18.8 Å². The average Bonchev–Trinajstić information content (AvgIpc) is 2.68. The average molecular weight is 247 g/mol. The van der Waals surface area contributed by atoms with E-state index in [0.29, 0.717) is 12.0 Å². The molecular formula is C16H25NO. The summed E-state index contributed by atoms with van der Waals surface area (Å²) in [7, 11) is 0. The van der Waals surface area contributed by atoms with Gasteiger partial charge in [-0.2, -0.15) is 0 Å². The van der Waals surface area contributed by atoms with Crippen LogP contribution in [0.1, 0.15) is 42.4 Å². The summed E-state index contributed by atoms with van der Waals surface area (Å²) in [6.07, 6.45) is 4.84. The van der Waals surface area contributed by atoms with E-state index >= 15 is 0 Å². The van der Waals surface area contributed by atoms with E-state index in [1.54, 1.807) is 0 Å². The molecule has 100 valence electrons. The van der Waals surface area contributed by atoms with Crippen LogP contribution in [0.15, 0.2) is 12.1 Å². The second kappa shape index (κ2) is 5.75. The van der Waals surface area contributed by atoms with E-state index in [4.69, 9.17) is 10.5 Å². The first kappa shape index (κ1) is 13.4.